The zero-order valence-corrected chi connectivity index (χ0v) is 18.6. The van der Waals surface area contributed by atoms with Crippen molar-refractivity contribution in [3.05, 3.63) is 64.6 Å². The molecule has 5 nitrogen and oxygen atoms in total. The van der Waals surface area contributed by atoms with Crippen molar-refractivity contribution in [1.29, 1.82) is 0 Å². The van der Waals surface area contributed by atoms with Gasteiger partial charge in [-0.1, -0.05) is 49.5 Å². The second-order valence-electron chi connectivity index (χ2n) is 6.56. The van der Waals surface area contributed by atoms with Crippen LogP contribution >= 0.6 is 24.0 Å². The van der Waals surface area contributed by atoms with E-state index in [1.807, 2.05) is 30.3 Å². The van der Waals surface area contributed by atoms with Gasteiger partial charge in [-0.15, -0.1) is 0 Å². The molecule has 0 saturated carbocycles. The number of unbranched alkanes of at least 4 members (excludes halogenated alkanes) is 1. The SMILES string of the molecule is CCCCOc1ccc(/C=C2\SC(=S)N(c3ccc(C(=O)OCC)cc3)C2=O)cc1. The molecular weight excluding hydrogens is 418 g/mol. The lowest BCUT2D eigenvalue weighted by molar-refractivity contribution is -0.113. The summed E-state index contributed by atoms with van der Waals surface area (Å²) in [6.07, 6.45) is 3.93. The number of nitrogens with zero attached hydrogens (tertiary/aromatic N) is 1. The molecule has 1 saturated heterocycles. The summed E-state index contributed by atoms with van der Waals surface area (Å²) in [7, 11) is 0. The van der Waals surface area contributed by atoms with E-state index in [1.165, 1.54) is 16.7 Å². The molecule has 1 fully saturated rings. The van der Waals surface area contributed by atoms with Crippen LogP contribution in [0.2, 0.25) is 0 Å². The Kier molecular flexibility index (Phi) is 7.65. The average molecular weight is 442 g/mol. The van der Waals surface area contributed by atoms with Crippen LogP contribution in [0.5, 0.6) is 5.75 Å². The lowest BCUT2D eigenvalue weighted by Gasteiger charge is -2.14. The summed E-state index contributed by atoms with van der Waals surface area (Å²) in [5.74, 6) is 0.239. The maximum Gasteiger partial charge on any atom is 0.338 e. The van der Waals surface area contributed by atoms with Crippen LogP contribution in [0, 0.1) is 0 Å². The minimum Gasteiger partial charge on any atom is -0.494 e. The largest absolute Gasteiger partial charge is 0.494 e. The molecule has 0 bridgehead atoms. The molecule has 0 spiro atoms. The predicted octanol–water partition coefficient (Wildman–Crippen LogP) is 5.45. The number of thioether (sulfide) groups is 1. The Morgan fingerprint density at radius 1 is 1.10 bits per heavy atom. The van der Waals surface area contributed by atoms with Crippen molar-refractivity contribution < 1.29 is 19.1 Å². The van der Waals surface area contributed by atoms with Crippen molar-refractivity contribution in [2.75, 3.05) is 18.1 Å². The van der Waals surface area contributed by atoms with Crippen LogP contribution in [0.15, 0.2) is 53.4 Å². The highest BCUT2D eigenvalue weighted by Gasteiger charge is 2.33. The number of carbonyl (C=O) groups is 2. The van der Waals surface area contributed by atoms with E-state index in [0.717, 1.165) is 24.2 Å². The number of thiocarbonyl (C=S) groups is 1. The number of hydrogen-bond acceptors (Lipinski definition) is 6. The number of hydrogen-bond donors (Lipinski definition) is 0. The van der Waals surface area contributed by atoms with E-state index in [0.29, 0.717) is 33.7 Å². The first kappa shape index (κ1) is 22.1. The van der Waals surface area contributed by atoms with Crippen LogP contribution in [0.4, 0.5) is 5.69 Å². The van der Waals surface area contributed by atoms with Gasteiger partial charge in [0.2, 0.25) is 0 Å². The molecule has 0 radical (unpaired) electrons. The number of esters is 1. The Bertz CT molecular complexity index is 952. The fraction of sp³-hybridized carbons (Fsp3) is 0.261. The van der Waals surface area contributed by atoms with Gasteiger partial charge in [0.25, 0.3) is 5.91 Å². The van der Waals surface area contributed by atoms with E-state index in [-0.39, 0.29) is 5.91 Å². The van der Waals surface area contributed by atoms with Crippen molar-refractivity contribution >= 4 is 51.9 Å². The normalized spacial score (nSPS) is 15.0. The number of ether oxygens (including phenoxy) is 2. The summed E-state index contributed by atoms with van der Waals surface area (Å²) in [6, 6.07) is 14.3. The van der Waals surface area contributed by atoms with Gasteiger partial charge in [-0.3, -0.25) is 9.69 Å². The average Bonchev–Trinajstić information content (AvgIpc) is 3.02. The van der Waals surface area contributed by atoms with Gasteiger partial charge in [-0.25, -0.2) is 4.79 Å². The van der Waals surface area contributed by atoms with E-state index in [1.54, 1.807) is 31.2 Å². The second-order valence-corrected chi connectivity index (χ2v) is 8.23. The molecule has 30 heavy (non-hydrogen) atoms. The summed E-state index contributed by atoms with van der Waals surface area (Å²) in [6.45, 7) is 4.89. The van der Waals surface area contributed by atoms with Crippen LogP contribution in [-0.4, -0.2) is 29.4 Å². The molecule has 1 heterocycles. The number of benzene rings is 2. The van der Waals surface area contributed by atoms with Gasteiger partial charge in [-0.05, 0) is 61.4 Å². The van der Waals surface area contributed by atoms with E-state index >= 15 is 0 Å². The van der Waals surface area contributed by atoms with E-state index in [2.05, 4.69) is 6.92 Å². The zero-order valence-electron chi connectivity index (χ0n) is 16.9. The first-order valence-corrected chi connectivity index (χ1v) is 11.0. The van der Waals surface area contributed by atoms with Gasteiger partial charge in [0, 0.05) is 0 Å². The molecule has 0 N–H and O–H groups in total. The molecule has 1 aliphatic rings. The number of carbonyl (C=O) groups excluding carboxylic acids is 2. The molecule has 0 atom stereocenters. The van der Waals surface area contributed by atoms with Gasteiger partial charge < -0.3 is 9.47 Å². The molecule has 156 valence electrons. The molecule has 0 unspecified atom stereocenters. The highest BCUT2D eigenvalue weighted by atomic mass is 32.2. The van der Waals surface area contributed by atoms with Crippen molar-refractivity contribution in [2.45, 2.75) is 26.7 Å². The van der Waals surface area contributed by atoms with Crippen LogP contribution in [0.25, 0.3) is 6.08 Å². The van der Waals surface area contributed by atoms with Crippen LogP contribution in [-0.2, 0) is 9.53 Å². The number of rotatable bonds is 8. The highest BCUT2D eigenvalue weighted by Crippen LogP contribution is 2.36. The quantitative estimate of drug-likeness (QED) is 0.235. The molecule has 2 aromatic rings. The third kappa shape index (κ3) is 5.29. The van der Waals surface area contributed by atoms with Crippen LogP contribution < -0.4 is 9.64 Å². The minimum absolute atomic E-state index is 0.183. The molecule has 0 aromatic heterocycles. The fourth-order valence-corrected chi connectivity index (χ4v) is 4.10. The summed E-state index contributed by atoms with van der Waals surface area (Å²) in [5.41, 5.74) is 1.95. The molecule has 0 aliphatic carbocycles. The molecule has 1 amide bonds. The molecule has 2 aromatic carbocycles. The topological polar surface area (TPSA) is 55.8 Å². The fourth-order valence-electron chi connectivity index (χ4n) is 2.80. The Balaban J connectivity index is 1.72. The lowest BCUT2D eigenvalue weighted by atomic mass is 10.2. The minimum atomic E-state index is -0.392. The van der Waals surface area contributed by atoms with Gasteiger partial charge >= 0.3 is 5.97 Å². The molecular formula is C23H23NO4S2. The second kappa shape index (κ2) is 10.4. The Morgan fingerprint density at radius 2 is 1.80 bits per heavy atom. The maximum atomic E-state index is 12.9. The molecule has 1 aliphatic heterocycles. The van der Waals surface area contributed by atoms with Crippen molar-refractivity contribution in [2.24, 2.45) is 0 Å². The third-order valence-corrected chi connectivity index (χ3v) is 5.68. The van der Waals surface area contributed by atoms with Crippen molar-refractivity contribution in [3.8, 4) is 5.75 Å². The first-order valence-electron chi connectivity index (χ1n) is 9.81. The number of amides is 1. The number of anilines is 1. The smallest absolute Gasteiger partial charge is 0.338 e. The van der Waals surface area contributed by atoms with Crippen LogP contribution in [0.3, 0.4) is 0 Å². The van der Waals surface area contributed by atoms with Gasteiger partial charge in [0.15, 0.2) is 4.32 Å². The standard InChI is InChI=1S/C23H23NO4S2/c1-3-5-14-28-19-12-6-16(7-13-19)15-20-21(25)24(23(29)30-20)18-10-8-17(9-11-18)22(26)27-4-2/h6-13,15H,3-5,14H2,1-2H3/b20-15-. The van der Waals surface area contributed by atoms with Gasteiger partial charge in [0.05, 0.1) is 29.4 Å². The summed E-state index contributed by atoms with van der Waals surface area (Å²) >= 11 is 6.67. The monoisotopic (exact) mass is 441 g/mol. The summed E-state index contributed by atoms with van der Waals surface area (Å²) < 4.78 is 11.1. The zero-order chi connectivity index (χ0) is 21.5. The third-order valence-electron chi connectivity index (χ3n) is 4.37. The van der Waals surface area contributed by atoms with Crippen molar-refractivity contribution in [1.82, 2.24) is 0 Å². The van der Waals surface area contributed by atoms with Crippen molar-refractivity contribution in [3.63, 3.8) is 0 Å². The van der Waals surface area contributed by atoms with E-state index in [4.69, 9.17) is 21.7 Å². The van der Waals surface area contributed by atoms with Gasteiger partial charge in [-0.2, -0.15) is 0 Å². The van der Waals surface area contributed by atoms with E-state index < -0.39 is 5.97 Å². The Hall–Kier alpha value is -2.64. The predicted molar refractivity (Wildman–Crippen MR) is 125 cm³/mol. The highest BCUT2D eigenvalue weighted by molar-refractivity contribution is 8.27. The summed E-state index contributed by atoms with van der Waals surface area (Å²) in [5, 5.41) is 0. The Morgan fingerprint density at radius 3 is 2.43 bits per heavy atom. The van der Waals surface area contributed by atoms with E-state index in [9.17, 15) is 9.59 Å². The summed E-state index contributed by atoms with van der Waals surface area (Å²) in [4.78, 5) is 26.7. The molecule has 3 rings (SSSR count). The lowest BCUT2D eigenvalue weighted by Crippen LogP contribution is -2.27. The Labute approximate surface area is 186 Å². The molecule has 7 heteroatoms. The first-order chi connectivity index (χ1) is 14.5. The van der Waals surface area contributed by atoms with Crippen LogP contribution in [0.1, 0.15) is 42.6 Å². The van der Waals surface area contributed by atoms with Gasteiger partial charge in [0.1, 0.15) is 5.75 Å². The maximum absolute atomic E-state index is 12.9.